The topological polar surface area (TPSA) is 55.8 Å². The summed E-state index contributed by atoms with van der Waals surface area (Å²) in [4.78, 5) is 27.8. The summed E-state index contributed by atoms with van der Waals surface area (Å²) in [6.07, 6.45) is 0.413. The van der Waals surface area contributed by atoms with E-state index in [1.807, 2.05) is 12.1 Å². The average molecular weight is 353 g/mol. The van der Waals surface area contributed by atoms with Crippen LogP contribution in [-0.2, 0) is 19.1 Å². The van der Waals surface area contributed by atoms with Gasteiger partial charge in [-0.3, -0.25) is 14.5 Å². The lowest BCUT2D eigenvalue weighted by Gasteiger charge is -2.41. The second kappa shape index (κ2) is 6.09. The lowest BCUT2D eigenvalue weighted by atomic mass is 9.72. The Morgan fingerprint density at radius 2 is 1.77 bits per heavy atom. The number of benzene rings is 2. The van der Waals surface area contributed by atoms with Crippen molar-refractivity contribution in [3.8, 4) is 0 Å². The van der Waals surface area contributed by atoms with Crippen LogP contribution < -0.4 is 0 Å². The molecule has 5 nitrogen and oxygen atoms in total. The third-order valence-electron chi connectivity index (χ3n) is 6.02. The molecule has 1 saturated heterocycles. The SMILES string of the molecule is COC(=O)C1(C(=O)OC)CCN2C[C@H](C)c3c(ccc4ccccc34)[C@H]21. The highest BCUT2D eigenvalue weighted by atomic mass is 16.5. The minimum atomic E-state index is -1.30. The van der Waals surface area contributed by atoms with Gasteiger partial charge >= 0.3 is 11.9 Å². The zero-order chi connectivity index (χ0) is 18.5. The Morgan fingerprint density at radius 1 is 1.08 bits per heavy atom. The zero-order valence-corrected chi connectivity index (χ0v) is 15.3. The number of fused-ring (bicyclic) bond motifs is 5. The van der Waals surface area contributed by atoms with Gasteiger partial charge < -0.3 is 9.47 Å². The molecule has 26 heavy (non-hydrogen) atoms. The number of hydrogen-bond acceptors (Lipinski definition) is 5. The van der Waals surface area contributed by atoms with E-state index in [4.69, 9.17) is 9.47 Å². The second-order valence-electron chi connectivity index (χ2n) is 7.29. The number of nitrogens with zero attached hydrogens (tertiary/aromatic N) is 1. The quantitative estimate of drug-likeness (QED) is 0.614. The van der Waals surface area contributed by atoms with Crippen LogP contribution in [0.4, 0.5) is 0 Å². The van der Waals surface area contributed by atoms with E-state index in [1.165, 1.54) is 30.6 Å². The minimum Gasteiger partial charge on any atom is -0.468 e. The van der Waals surface area contributed by atoms with Crippen LogP contribution in [0.25, 0.3) is 10.8 Å². The molecule has 136 valence electrons. The molecule has 0 radical (unpaired) electrons. The van der Waals surface area contributed by atoms with Gasteiger partial charge in [-0.25, -0.2) is 0 Å². The van der Waals surface area contributed by atoms with E-state index in [0.717, 1.165) is 12.1 Å². The molecule has 2 aromatic rings. The van der Waals surface area contributed by atoms with Gasteiger partial charge in [0.25, 0.3) is 0 Å². The van der Waals surface area contributed by atoms with Crippen molar-refractivity contribution in [3.63, 3.8) is 0 Å². The van der Waals surface area contributed by atoms with Crippen LogP contribution in [0.3, 0.4) is 0 Å². The van der Waals surface area contributed by atoms with Crippen molar-refractivity contribution in [3.05, 3.63) is 47.5 Å². The Balaban J connectivity index is 1.98. The fourth-order valence-electron chi connectivity index (χ4n) is 4.98. The Hall–Kier alpha value is -2.40. The van der Waals surface area contributed by atoms with Gasteiger partial charge in [-0.05, 0) is 34.2 Å². The first-order valence-corrected chi connectivity index (χ1v) is 8.97. The maximum Gasteiger partial charge on any atom is 0.325 e. The first kappa shape index (κ1) is 17.0. The Labute approximate surface area is 152 Å². The highest BCUT2D eigenvalue weighted by Crippen LogP contribution is 2.54. The first-order valence-electron chi connectivity index (χ1n) is 8.97. The summed E-state index contributed by atoms with van der Waals surface area (Å²) in [5, 5.41) is 2.36. The summed E-state index contributed by atoms with van der Waals surface area (Å²) in [5.41, 5.74) is 0.958. The fourth-order valence-corrected chi connectivity index (χ4v) is 4.98. The van der Waals surface area contributed by atoms with Crippen LogP contribution in [0.15, 0.2) is 36.4 Å². The summed E-state index contributed by atoms with van der Waals surface area (Å²) in [7, 11) is 2.67. The van der Waals surface area contributed by atoms with Gasteiger partial charge in [0.05, 0.1) is 20.3 Å². The molecule has 0 N–H and O–H groups in total. The zero-order valence-electron chi connectivity index (χ0n) is 15.3. The molecule has 2 atom stereocenters. The maximum atomic E-state index is 12.8. The molecule has 2 aromatic carbocycles. The fraction of sp³-hybridized carbons (Fsp3) is 0.429. The molecule has 0 unspecified atom stereocenters. The molecule has 0 spiro atoms. The number of hydrogen-bond donors (Lipinski definition) is 0. The van der Waals surface area contributed by atoms with Crippen molar-refractivity contribution in [2.45, 2.75) is 25.3 Å². The van der Waals surface area contributed by atoms with Gasteiger partial charge in [-0.1, -0.05) is 43.3 Å². The highest BCUT2D eigenvalue weighted by molar-refractivity contribution is 6.02. The van der Waals surface area contributed by atoms with Gasteiger partial charge in [-0.15, -0.1) is 0 Å². The Kier molecular flexibility index (Phi) is 3.99. The van der Waals surface area contributed by atoms with Crippen molar-refractivity contribution in [2.24, 2.45) is 5.41 Å². The molecular formula is C21H23NO4. The van der Waals surface area contributed by atoms with E-state index in [9.17, 15) is 9.59 Å². The normalized spacial score (nSPS) is 24.0. The molecule has 0 aliphatic carbocycles. The monoisotopic (exact) mass is 353 g/mol. The molecule has 4 rings (SSSR count). The smallest absolute Gasteiger partial charge is 0.325 e. The maximum absolute atomic E-state index is 12.8. The van der Waals surface area contributed by atoms with Crippen molar-refractivity contribution >= 4 is 22.7 Å². The number of methoxy groups -OCH3 is 2. The largest absolute Gasteiger partial charge is 0.468 e. The standard InChI is InChI=1S/C21H23NO4/c1-13-12-22-11-10-21(19(23)25-2,20(24)26-3)18(22)16-9-8-14-6-4-5-7-15(14)17(13)16/h4-9,13,18H,10-12H2,1-3H3/t13-,18-/m0/s1. The number of carbonyl (C=O) groups excluding carboxylic acids is 2. The number of carbonyl (C=O) groups is 2. The van der Waals surface area contributed by atoms with Gasteiger partial charge in [0.15, 0.2) is 5.41 Å². The van der Waals surface area contributed by atoms with E-state index < -0.39 is 17.4 Å². The van der Waals surface area contributed by atoms with E-state index >= 15 is 0 Å². The molecule has 2 aliphatic heterocycles. The van der Waals surface area contributed by atoms with E-state index in [2.05, 4.69) is 36.1 Å². The van der Waals surface area contributed by atoms with Crippen LogP contribution >= 0.6 is 0 Å². The summed E-state index contributed by atoms with van der Waals surface area (Å²) >= 11 is 0. The highest BCUT2D eigenvalue weighted by Gasteiger charge is 2.62. The van der Waals surface area contributed by atoms with Crippen LogP contribution in [0.2, 0.25) is 0 Å². The predicted molar refractivity (Wildman–Crippen MR) is 97.8 cm³/mol. The summed E-state index contributed by atoms with van der Waals surface area (Å²) in [6, 6.07) is 12.1. The van der Waals surface area contributed by atoms with Crippen molar-refractivity contribution in [1.29, 1.82) is 0 Å². The third kappa shape index (κ3) is 2.13. The molecule has 0 amide bonds. The van der Waals surface area contributed by atoms with E-state index in [1.54, 1.807) is 0 Å². The van der Waals surface area contributed by atoms with Crippen LogP contribution in [-0.4, -0.2) is 44.1 Å². The molecule has 0 saturated carbocycles. The van der Waals surface area contributed by atoms with E-state index in [0.29, 0.717) is 18.9 Å². The van der Waals surface area contributed by atoms with Gasteiger partial charge in [0, 0.05) is 13.1 Å². The molecular weight excluding hydrogens is 330 g/mol. The summed E-state index contributed by atoms with van der Waals surface area (Å²) in [5.74, 6) is -0.700. The predicted octanol–water partition coefficient (Wildman–Crippen LogP) is 3.04. The molecule has 1 fully saturated rings. The van der Waals surface area contributed by atoms with Crippen molar-refractivity contribution < 1.29 is 19.1 Å². The first-order chi connectivity index (χ1) is 12.5. The average Bonchev–Trinajstić information content (AvgIpc) is 3.06. The Bertz CT molecular complexity index is 875. The molecule has 5 heteroatoms. The number of rotatable bonds is 2. The number of esters is 2. The van der Waals surface area contributed by atoms with Crippen LogP contribution in [0.5, 0.6) is 0 Å². The molecule has 2 aliphatic rings. The molecule has 0 aromatic heterocycles. The summed E-state index contributed by atoms with van der Waals surface area (Å²) < 4.78 is 10.1. The van der Waals surface area contributed by atoms with Gasteiger partial charge in [0.1, 0.15) is 0 Å². The molecule has 2 heterocycles. The van der Waals surface area contributed by atoms with Crippen LogP contribution in [0, 0.1) is 5.41 Å². The summed E-state index contributed by atoms with van der Waals surface area (Å²) in [6.45, 7) is 3.69. The van der Waals surface area contributed by atoms with Crippen LogP contribution in [0.1, 0.15) is 36.4 Å². The lowest BCUT2D eigenvalue weighted by Crippen LogP contribution is -2.48. The molecule has 0 bridgehead atoms. The second-order valence-corrected chi connectivity index (χ2v) is 7.29. The lowest BCUT2D eigenvalue weighted by molar-refractivity contribution is -0.171. The minimum absolute atomic E-state index is 0.318. The number of ether oxygens (including phenoxy) is 2. The Morgan fingerprint density at radius 3 is 2.46 bits per heavy atom. The van der Waals surface area contributed by atoms with Gasteiger partial charge in [-0.2, -0.15) is 0 Å². The van der Waals surface area contributed by atoms with Crippen molar-refractivity contribution in [2.75, 3.05) is 27.3 Å². The van der Waals surface area contributed by atoms with Gasteiger partial charge in [0.2, 0.25) is 0 Å². The van der Waals surface area contributed by atoms with E-state index in [-0.39, 0.29) is 6.04 Å². The van der Waals surface area contributed by atoms with Crippen molar-refractivity contribution in [1.82, 2.24) is 4.90 Å². The third-order valence-corrected chi connectivity index (χ3v) is 6.02.